The van der Waals surface area contributed by atoms with Gasteiger partial charge >= 0.3 is 39.5 Å². The van der Waals surface area contributed by atoms with Crippen LogP contribution in [0.25, 0.3) is 0 Å². The molecule has 5 atom stereocenters. The van der Waals surface area contributed by atoms with Crippen LogP contribution in [0, 0.1) is 0 Å². The molecule has 0 saturated heterocycles. The first-order valence-corrected chi connectivity index (χ1v) is 43.4. The van der Waals surface area contributed by atoms with Crippen molar-refractivity contribution in [1.82, 2.24) is 0 Å². The van der Waals surface area contributed by atoms with Crippen LogP contribution < -0.4 is 0 Å². The number of hydrogen-bond acceptors (Lipinski definition) is 15. The molecular weight excluding hydrogens is 1350 g/mol. The maximum Gasteiger partial charge on any atom is 0.472 e. The van der Waals surface area contributed by atoms with Crippen molar-refractivity contribution >= 4 is 39.5 Å². The molecule has 0 rings (SSSR count). The van der Waals surface area contributed by atoms with E-state index in [1.165, 1.54) is 64.2 Å². The summed E-state index contributed by atoms with van der Waals surface area (Å²) < 4.78 is 68.5. The summed E-state index contributed by atoms with van der Waals surface area (Å²) in [5, 5.41) is 10.6. The molecule has 19 heteroatoms. The molecule has 0 radical (unpaired) electrons. The van der Waals surface area contributed by atoms with Gasteiger partial charge in [-0.05, 0) is 148 Å². The molecule has 0 amide bonds. The number of carbonyl (C=O) groups excluding carboxylic acids is 4. The van der Waals surface area contributed by atoms with Gasteiger partial charge in [-0.1, -0.05) is 283 Å². The lowest BCUT2D eigenvalue weighted by atomic mass is 10.1. The molecular formula is C85H144O17P2. The second-order valence-corrected chi connectivity index (χ2v) is 29.5. The van der Waals surface area contributed by atoms with E-state index in [1.54, 1.807) is 0 Å². The van der Waals surface area contributed by atoms with Crippen LogP contribution >= 0.6 is 15.6 Å². The van der Waals surface area contributed by atoms with Gasteiger partial charge in [0, 0.05) is 25.7 Å². The summed E-state index contributed by atoms with van der Waals surface area (Å²) in [5.41, 5.74) is 0. The molecule has 596 valence electrons. The van der Waals surface area contributed by atoms with Crippen LogP contribution in [0.2, 0.25) is 0 Å². The van der Waals surface area contributed by atoms with Gasteiger partial charge in [0.25, 0.3) is 0 Å². The minimum atomic E-state index is -5.00. The monoisotopic (exact) mass is 1500 g/mol. The molecule has 0 heterocycles. The van der Waals surface area contributed by atoms with E-state index < -0.39 is 97.5 Å². The van der Waals surface area contributed by atoms with E-state index in [0.29, 0.717) is 32.1 Å². The number of allylic oxidation sites excluding steroid dienone is 22. The highest BCUT2D eigenvalue weighted by Gasteiger charge is 2.30. The summed E-state index contributed by atoms with van der Waals surface area (Å²) in [4.78, 5) is 73.0. The van der Waals surface area contributed by atoms with Crippen LogP contribution in [0.1, 0.15) is 323 Å². The average Bonchev–Trinajstić information content (AvgIpc) is 0.939. The summed E-state index contributed by atoms with van der Waals surface area (Å²) in [6.07, 6.45) is 85.8. The van der Waals surface area contributed by atoms with Gasteiger partial charge in [0.2, 0.25) is 0 Å². The van der Waals surface area contributed by atoms with Crippen LogP contribution in [-0.4, -0.2) is 96.7 Å². The molecule has 0 bridgehead atoms. The van der Waals surface area contributed by atoms with E-state index in [9.17, 15) is 43.2 Å². The van der Waals surface area contributed by atoms with E-state index in [-0.39, 0.29) is 25.7 Å². The fourth-order valence-corrected chi connectivity index (χ4v) is 12.1. The maximum atomic E-state index is 13.1. The van der Waals surface area contributed by atoms with Gasteiger partial charge in [0.15, 0.2) is 12.2 Å². The van der Waals surface area contributed by atoms with Gasteiger partial charge in [-0.2, -0.15) is 0 Å². The van der Waals surface area contributed by atoms with E-state index >= 15 is 0 Å². The number of aliphatic hydroxyl groups excluding tert-OH is 1. The lowest BCUT2D eigenvalue weighted by molar-refractivity contribution is -0.161. The molecule has 17 nitrogen and oxygen atoms in total. The van der Waals surface area contributed by atoms with Crippen molar-refractivity contribution in [1.29, 1.82) is 0 Å². The first-order valence-electron chi connectivity index (χ1n) is 40.4. The summed E-state index contributed by atoms with van der Waals surface area (Å²) >= 11 is 0. The minimum absolute atomic E-state index is 0.0322. The number of phosphoric ester groups is 2. The highest BCUT2D eigenvalue weighted by molar-refractivity contribution is 7.47. The Bertz CT molecular complexity index is 2490. The molecule has 0 spiro atoms. The predicted octanol–water partition coefficient (Wildman–Crippen LogP) is 23.7. The van der Waals surface area contributed by atoms with Crippen LogP contribution in [0.3, 0.4) is 0 Å². The van der Waals surface area contributed by atoms with Gasteiger partial charge in [-0.25, -0.2) is 9.13 Å². The molecule has 0 aliphatic rings. The van der Waals surface area contributed by atoms with Crippen molar-refractivity contribution in [3.05, 3.63) is 134 Å². The number of esters is 4. The molecule has 0 aromatic heterocycles. The normalized spacial score (nSPS) is 14.6. The van der Waals surface area contributed by atoms with Crippen LogP contribution in [0.15, 0.2) is 134 Å². The zero-order chi connectivity index (χ0) is 76.0. The average molecular weight is 1500 g/mol. The van der Waals surface area contributed by atoms with E-state index in [0.717, 1.165) is 173 Å². The quantitative estimate of drug-likeness (QED) is 0.0169. The Labute approximate surface area is 631 Å². The lowest BCUT2D eigenvalue weighted by Gasteiger charge is -2.21. The highest BCUT2D eigenvalue weighted by atomic mass is 31.2. The number of rotatable bonds is 75. The van der Waals surface area contributed by atoms with Gasteiger partial charge < -0.3 is 33.8 Å². The van der Waals surface area contributed by atoms with Gasteiger partial charge in [0.05, 0.1) is 26.4 Å². The standard InChI is InChI=1S/C85H144O17P2/c1-5-9-13-17-21-25-29-33-36-38-39-41-44-47-50-54-58-62-66-70-83(88)95-75-80(101-84(89)71-67-63-59-55-51-45-32-28-24-20-16-12-8-4)77-99-103(91,92)97-73-79(86)74-98-104(93,94)100-78-81(102-85(90)72-68-64-60-56-52-48-42-35-31-27-23-19-15-11-7-3)76-96-82(87)69-65-61-57-53-49-46-43-40-37-34-30-26-22-18-14-10-6-2/h9-10,13-14,21-22,25-26,28,32-37,39,41-42,47,50,58,62,79-81,86H,5-8,11-12,15-20,23-24,27,29-31,38,40,43-46,48-49,51-57,59-61,63-78H2,1-4H3,(H,91,92)(H,93,94)/b13-9-,14-10-,25-21-,26-22-,32-28-,36-33-,37-34-,41-39-,42-35-,50-47-,62-58-. The lowest BCUT2D eigenvalue weighted by Crippen LogP contribution is -2.30. The summed E-state index contributed by atoms with van der Waals surface area (Å²) in [6.45, 7) is 4.53. The van der Waals surface area contributed by atoms with Gasteiger partial charge in [-0.15, -0.1) is 0 Å². The SMILES string of the molecule is CC/C=C\C/C=C\C/C=C\C/C=C\C/C=C\C/C=C\CCC(=O)OCC(COP(=O)(O)OCC(O)COP(=O)(O)OCC(COC(=O)CCCCCCCCC/C=C\C/C=C\C/C=C\CC)OC(=O)CCCCCCC/C=C\CCCCCCCC)OC(=O)CCCCCCC/C=C\CCCCCC. The fraction of sp³-hybridized carbons (Fsp3) is 0.694. The summed E-state index contributed by atoms with van der Waals surface area (Å²) in [7, 11) is -9.99. The van der Waals surface area contributed by atoms with Gasteiger partial charge in [0.1, 0.15) is 19.3 Å². The van der Waals surface area contributed by atoms with Crippen LogP contribution in [0.5, 0.6) is 0 Å². The fourth-order valence-electron chi connectivity index (χ4n) is 10.5. The number of ether oxygens (including phenoxy) is 4. The second-order valence-electron chi connectivity index (χ2n) is 26.6. The molecule has 0 aliphatic heterocycles. The molecule has 0 aliphatic carbocycles. The van der Waals surface area contributed by atoms with E-state index in [1.807, 2.05) is 18.2 Å². The molecule has 104 heavy (non-hydrogen) atoms. The van der Waals surface area contributed by atoms with Crippen molar-refractivity contribution in [2.24, 2.45) is 0 Å². The third-order valence-corrected chi connectivity index (χ3v) is 18.5. The first kappa shape index (κ1) is 99.2. The molecule has 0 aromatic rings. The Balaban J connectivity index is 5.42. The smallest absolute Gasteiger partial charge is 0.462 e. The number of phosphoric acid groups is 2. The number of unbranched alkanes of at least 4 members (excludes halogenated alkanes) is 27. The Kier molecular flexibility index (Phi) is 72.9. The third kappa shape index (κ3) is 75.4. The Morgan fingerprint density at radius 3 is 0.846 bits per heavy atom. The Morgan fingerprint density at radius 1 is 0.279 bits per heavy atom. The Hall–Kier alpha value is -4.80. The van der Waals surface area contributed by atoms with Crippen molar-refractivity contribution < 1.29 is 80.2 Å². The molecule has 0 saturated carbocycles. The minimum Gasteiger partial charge on any atom is -0.462 e. The number of carbonyl (C=O) groups is 4. The second kappa shape index (κ2) is 76.4. The van der Waals surface area contributed by atoms with E-state index in [2.05, 4.69) is 143 Å². The molecule has 0 fully saturated rings. The zero-order valence-electron chi connectivity index (χ0n) is 65.2. The maximum absolute atomic E-state index is 13.1. The molecule has 0 aromatic carbocycles. The van der Waals surface area contributed by atoms with Crippen LogP contribution in [-0.2, 0) is 65.4 Å². The summed E-state index contributed by atoms with van der Waals surface area (Å²) in [6, 6.07) is 0. The van der Waals surface area contributed by atoms with E-state index in [4.69, 9.17) is 37.0 Å². The van der Waals surface area contributed by atoms with Crippen LogP contribution in [0.4, 0.5) is 0 Å². The molecule has 5 unspecified atom stereocenters. The topological polar surface area (TPSA) is 237 Å². The first-order chi connectivity index (χ1) is 50.7. The predicted molar refractivity (Wildman–Crippen MR) is 427 cm³/mol. The number of hydrogen-bond donors (Lipinski definition) is 3. The molecule has 3 N–H and O–H groups in total. The van der Waals surface area contributed by atoms with Gasteiger partial charge in [-0.3, -0.25) is 37.3 Å². The highest BCUT2D eigenvalue weighted by Crippen LogP contribution is 2.45. The third-order valence-electron chi connectivity index (χ3n) is 16.6. The van der Waals surface area contributed by atoms with Crippen molar-refractivity contribution in [2.75, 3.05) is 39.6 Å². The van der Waals surface area contributed by atoms with Crippen molar-refractivity contribution in [2.45, 2.75) is 341 Å². The van der Waals surface area contributed by atoms with Crippen molar-refractivity contribution in [3.8, 4) is 0 Å². The number of aliphatic hydroxyl groups is 1. The van der Waals surface area contributed by atoms with Crippen molar-refractivity contribution in [3.63, 3.8) is 0 Å². The Morgan fingerprint density at radius 2 is 0.519 bits per heavy atom. The summed E-state index contributed by atoms with van der Waals surface area (Å²) in [5.74, 6) is -2.30. The largest absolute Gasteiger partial charge is 0.472 e. The zero-order valence-corrected chi connectivity index (χ0v) is 66.9.